The zero-order valence-corrected chi connectivity index (χ0v) is 17.3. The summed E-state index contributed by atoms with van der Waals surface area (Å²) in [7, 11) is 1.19. The number of ether oxygens (including phenoxy) is 3. The summed E-state index contributed by atoms with van der Waals surface area (Å²) >= 11 is 0. The summed E-state index contributed by atoms with van der Waals surface area (Å²) in [5.41, 5.74) is -0.875. The molecule has 1 unspecified atom stereocenters. The van der Waals surface area contributed by atoms with Gasteiger partial charge in [-0.05, 0) is 46.1 Å². The van der Waals surface area contributed by atoms with Gasteiger partial charge in [0.05, 0.1) is 23.1 Å². The van der Waals surface area contributed by atoms with Crippen molar-refractivity contribution in [2.24, 2.45) is 0 Å². The quantitative estimate of drug-likeness (QED) is 0.448. The number of rotatable bonds is 4. The molecule has 1 saturated heterocycles. The van der Waals surface area contributed by atoms with Gasteiger partial charge in [0.2, 0.25) is 0 Å². The van der Waals surface area contributed by atoms with Gasteiger partial charge in [-0.25, -0.2) is 14.3 Å². The van der Waals surface area contributed by atoms with Crippen LogP contribution >= 0.6 is 0 Å². The number of nitro benzene ring substituents is 1. The zero-order chi connectivity index (χ0) is 22.1. The number of hydrogen-bond donors (Lipinski definition) is 1. The number of hydrogen-bond acceptors (Lipinski definition) is 8. The van der Waals surface area contributed by atoms with Gasteiger partial charge in [0.25, 0.3) is 5.69 Å². The van der Waals surface area contributed by atoms with Crippen molar-refractivity contribution < 1.29 is 28.7 Å². The molecule has 11 nitrogen and oxygen atoms in total. The predicted octanol–water partition coefficient (Wildman–Crippen LogP) is 3.78. The molecule has 1 N–H and O–H groups in total. The molecular formula is C19H24N4O7. The van der Waals surface area contributed by atoms with Crippen molar-refractivity contribution in [1.82, 2.24) is 9.78 Å². The molecule has 1 atom stereocenters. The molecule has 162 valence electrons. The average Bonchev–Trinajstić information content (AvgIpc) is 3.04. The fraction of sp³-hybridized carbons (Fsp3) is 0.526. The monoisotopic (exact) mass is 420 g/mol. The number of benzene rings is 1. The van der Waals surface area contributed by atoms with Gasteiger partial charge in [0.1, 0.15) is 11.0 Å². The predicted molar refractivity (Wildman–Crippen MR) is 106 cm³/mol. The summed E-state index contributed by atoms with van der Waals surface area (Å²) in [5.74, 6) is -0.768. The van der Waals surface area contributed by atoms with Gasteiger partial charge in [0, 0.05) is 12.7 Å². The highest BCUT2D eigenvalue weighted by molar-refractivity contribution is 6.06. The lowest BCUT2D eigenvalue weighted by atomic mass is 10.1. The second kappa shape index (κ2) is 8.27. The topological polar surface area (TPSA) is 135 Å². The van der Waals surface area contributed by atoms with E-state index in [9.17, 15) is 19.7 Å². The summed E-state index contributed by atoms with van der Waals surface area (Å²) in [5, 5.41) is 18.7. The Hall–Kier alpha value is -3.21. The van der Waals surface area contributed by atoms with E-state index in [0.29, 0.717) is 13.0 Å². The molecule has 1 aliphatic heterocycles. The molecule has 1 aliphatic rings. The van der Waals surface area contributed by atoms with Crippen molar-refractivity contribution in [2.45, 2.75) is 51.9 Å². The molecule has 1 fully saturated rings. The molecule has 1 amide bonds. The van der Waals surface area contributed by atoms with Crippen LogP contribution in [0.15, 0.2) is 12.1 Å². The number of nitro groups is 1. The first-order valence-electron chi connectivity index (χ1n) is 9.51. The summed E-state index contributed by atoms with van der Waals surface area (Å²) < 4.78 is 17.2. The van der Waals surface area contributed by atoms with Crippen molar-refractivity contribution in [3.05, 3.63) is 27.8 Å². The van der Waals surface area contributed by atoms with Gasteiger partial charge in [0.15, 0.2) is 12.0 Å². The second-order valence-electron chi connectivity index (χ2n) is 7.88. The van der Waals surface area contributed by atoms with Crippen LogP contribution in [0.5, 0.6) is 0 Å². The van der Waals surface area contributed by atoms with E-state index in [0.717, 1.165) is 18.9 Å². The molecule has 11 heteroatoms. The summed E-state index contributed by atoms with van der Waals surface area (Å²) in [6.07, 6.45) is 1.14. The maximum absolute atomic E-state index is 12.3. The molecular weight excluding hydrogens is 396 g/mol. The number of aromatic nitrogens is 2. The first kappa shape index (κ1) is 21.5. The molecule has 3 rings (SSSR count). The molecule has 2 heterocycles. The second-order valence-corrected chi connectivity index (χ2v) is 7.88. The maximum atomic E-state index is 12.3. The Balaban J connectivity index is 2.18. The number of carbonyl (C=O) groups is 2. The van der Waals surface area contributed by atoms with Crippen LogP contribution in [-0.2, 0) is 14.2 Å². The fourth-order valence-corrected chi connectivity index (χ4v) is 3.25. The van der Waals surface area contributed by atoms with Gasteiger partial charge in [-0.2, -0.15) is 5.10 Å². The van der Waals surface area contributed by atoms with Crippen LogP contribution in [0.4, 0.5) is 16.3 Å². The minimum Gasteiger partial charge on any atom is -0.465 e. The summed E-state index contributed by atoms with van der Waals surface area (Å²) in [4.78, 5) is 35.5. The van der Waals surface area contributed by atoms with E-state index in [4.69, 9.17) is 14.2 Å². The van der Waals surface area contributed by atoms with E-state index in [-0.39, 0.29) is 28.0 Å². The van der Waals surface area contributed by atoms with Gasteiger partial charge < -0.3 is 14.2 Å². The van der Waals surface area contributed by atoms with Crippen LogP contribution in [0, 0.1) is 10.1 Å². The molecule has 0 spiro atoms. The highest BCUT2D eigenvalue weighted by atomic mass is 16.6. The Bertz CT molecular complexity index is 987. The van der Waals surface area contributed by atoms with Gasteiger partial charge in [-0.1, -0.05) is 0 Å². The summed E-state index contributed by atoms with van der Waals surface area (Å²) in [6, 6.07) is 2.54. The standard InChI is InChI=1S/C19H24N4O7/c1-19(2,3)30-18(25)20-16-15-12(22(21-16)14-7-5-6-8-29-14)9-11(17(24)28-4)10-13(15)23(26)27/h9-10,14H,5-8H2,1-4H3,(H,20,21,25). The largest absolute Gasteiger partial charge is 0.465 e. The third-order valence-electron chi connectivity index (χ3n) is 4.45. The zero-order valence-electron chi connectivity index (χ0n) is 17.3. The van der Waals surface area contributed by atoms with E-state index in [2.05, 4.69) is 10.4 Å². The molecule has 0 aliphatic carbocycles. The Kier molecular flexibility index (Phi) is 5.92. The lowest BCUT2D eigenvalue weighted by Crippen LogP contribution is -2.27. The number of methoxy groups -OCH3 is 1. The first-order valence-corrected chi connectivity index (χ1v) is 9.51. The molecule has 1 aromatic heterocycles. The van der Waals surface area contributed by atoms with E-state index < -0.39 is 28.8 Å². The normalized spacial score (nSPS) is 16.9. The number of nitrogens with zero attached hydrogens (tertiary/aromatic N) is 3. The third kappa shape index (κ3) is 4.51. The van der Waals surface area contributed by atoms with Crippen molar-refractivity contribution in [3.8, 4) is 0 Å². The molecule has 0 bridgehead atoms. The highest BCUT2D eigenvalue weighted by Crippen LogP contribution is 2.37. The van der Waals surface area contributed by atoms with Crippen molar-refractivity contribution in [3.63, 3.8) is 0 Å². The van der Waals surface area contributed by atoms with Crippen LogP contribution in [0.2, 0.25) is 0 Å². The molecule has 1 aromatic carbocycles. The van der Waals surface area contributed by atoms with E-state index in [1.807, 2.05) is 0 Å². The summed E-state index contributed by atoms with van der Waals surface area (Å²) in [6.45, 7) is 5.61. The SMILES string of the molecule is COC(=O)c1cc([N+](=O)[O-])c2c(NC(=O)OC(C)(C)C)nn(C3CCCCO3)c2c1. The van der Waals surface area contributed by atoms with Gasteiger partial charge in [-0.15, -0.1) is 0 Å². The maximum Gasteiger partial charge on any atom is 0.413 e. The van der Waals surface area contributed by atoms with E-state index >= 15 is 0 Å². The number of non-ortho nitro benzene ring substituents is 1. The minimum absolute atomic E-state index is 0.00234. The number of carbonyl (C=O) groups excluding carboxylic acids is 2. The van der Waals surface area contributed by atoms with E-state index in [1.165, 1.54) is 17.9 Å². The number of fused-ring (bicyclic) bond motifs is 1. The van der Waals surface area contributed by atoms with Gasteiger partial charge >= 0.3 is 12.1 Å². The average molecular weight is 420 g/mol. The number of esters is 1. The molecule has 0 radical (unpaired) electrons. The number of amides is 1. The smallest absolute Gasteiger partial charge is 0.413 e. The number of nitrogens with one attached hydrogen (secondary N) is 1. The van der Waals surface area contributed by atoms with Gasteiger partial charge in [-0.3, -0.25) is 15.4 Å². The Morgan fingerprint density at radius 1 is 1.33 bits per heavy atom. The Labute approximate surface area is 172 Å². The Morgan fingerprint density at radius 2 is 2.07 bits per heavy atom. The molecule has 2 aromatic rings. The van der Waals surface area contributed by atoms with Crippen LogP contribution in [0.25, 0.3) is 10.9 Å². The van der Waals surface area contributed by atoms with Crippen LogP contribution < -0.4 is 5.32 Å². The third-order valence-corrected chi connectivity index (χ3v) is 4.45. The lowest BCUT2D eigenvalue weighted by molar-refractivity contribution is -0.383. The minimum atomic E-state index is -0.801. The van der Waals surface area contributed by atoms with Crippen LogP contribution in [-0.4, -0.2) is 46.1 Å². The van der Waals surface area contributed by atoms with Crippen molar-refractivity contribution in [2.75, 3.05) is 19.0 Å². The molecule has 0 saturated carbocycles. The lowest BCUT2D eigenvalue weighted by Gasteiger charge is -2.23. The van der Waals surface area contributed by atoms with Crippen LogP contribution in [0.1, 0.15) is 56.6 Å². The molecule has 30 heavy (non-hydrogen) atoms. The van der Waals surface area contributed by atoms with Crippen molar-refractivity contribution in [1.29, 1.82) is 0 Å². The number of anilines is 1. The first-order chi connectivity index (χ1) is 14.1. The van der Waals surface area contributed by atoms with E-state index in [1.54, 1.807) is 20.8 Å². The Morgan fingerprint density at radius 3 is 2.63 bits per heavy atom. The van der Waals surface area contributed by atoms with Crippen molar-refractivity contribution >= 4 is 34.5 Å². The van der Waals surface area contributed by atoms with Crippen LogP contribution in [0.3, 0.4) is 0 Å². The fourth-order valence-electron chi connectivity index (χ4n) is 3.25. The highest BCUT2D eigenvalue weighted by Gasteiger charge is 2.30.